The molecule has 4 nitrogen and oxygen atoms in total. The molecule has 0 amide bonds. The van der Waals surface area contributed by atoms with E-state index < -0.39 is 17.0 Å². The van der Waals surface area contributed by atoms with E-state index in [-0.39, 0.29) is 17.1 Å². The molecule has 0 radical (unpaired) electrons. The number of carboxylic acids is 1. The van der Waals surface area contributed by atoms with Gasteiger partial charge in [0.25, 0.3) is 0 Å². The Kier molecular flexibility index (Phi) is 3.76. The number of aryl methyl sites for hydroxylation is 1. The van der Waals surface area contributed by atoms with Gasteiger partial charge in [-0.3, -0.25) is 4.79 Å². The van der Waals surface area contributed by atoms with Crippen molar-refractivity contribution >= 4 is 5.97 Å². The van der Waals surface area contributed by atoms with E-state index in [1.165, 1.54) is 0 Å². The van der Waals surface area contributed by atoms with Crippen LogP contribution in [0.2, 0.25) is 0 Å². The van der Waals surface area contributed by atoms with E-state index in [1.807, 2.05) is 13.0 Å². The molecular formula is C20H28O4. The standard InChI is InChI=1S/C20H28O4/c1-18(2,24)14-10-12-6-7-16-19(3,13(12)11-15(14)21)8-5-9-20(16,4)17(22)23/h10-11,16,21,24H,5-9H2,1-4H3,(H,22,23)/t16-,19-,20-/m1/s1. The summed E-state index contributed by atoms with van der Waals surface area (Å²) in [5.41, 5.74) is 0.692. The Hall–Kier alpha value is -1.55. The van der Waals surface area contributed by atoms with Crippen LogP contribution in [-0.2, 0) is 22.2 Å². The molecule has 1 fully saturated rings. The Labute approximate surface area is 143 Å². The molecule has 0 unspecified atom stereocenters. The second-order valence-electron chi connectivity index (χ2n) is 8.67. The fourth-order valence-electron chi connectivity index (χ4n) is 5.25. The van der Waals surface area contributed by atoms with Crippen LogP contribution in [0.1, 0.15) is 70.1 Å². The van der Waals surface area contributed by atoms with Crippen molar-refractivity contribution in [1.29, 1.82) is 0 Å². The number of fused-ring (bicyclic) bond motifs is 3. The number of carbonyl (C=O) groups is 1. The number of aromatic hydroxyl groups is 1. The minimum absolute atomic E-state index is 0.0659. The Bertz CT molecular complexity index is 688. The number of hydrogen-bond donors (Lipinski definition) is 3. The first-order chi connectivity index (χ1) is 11.0. The average Bonchev–Trinajstić information content (AvgIpc) is 2.46. The summed E-state index contributed by atoms with van der Waals surface area (Å²) >= 11 is 0. The molecule has 0 saturated heterocycles. The zero-order chi connectivity index (χ0) is 17.9. The van der Waals surface area contributed by atoms with Crippen molar-refractivity contribution < 1.29 is 20.1 Å². The van der Waals surface area contributed by atoms with Crippen molar-refractivity contribution in [2.24, 2.45) is 11.3 Å². The normalized spacial score (nSPS) is 32.8. The molecule has 24 heavy (non-hydrogen) atoms. The molecular weight excluding hydrogens is 304 g/mol. The molecule has 132 valence electrons. The van der Waals surface area contributed by atoms with E-state index in [1.54, 1.807) is 19.9 Å². The van der Waals surface area contributed by atoms with Crippen LogP contribution in [0.25, 0.3) is 0 Å². The summed E-state index contributed by atoms with van der Waals surface area (Å²) in [6.07, 6.45) is 4.16. The average molecular weight is 332 g/mol. The lowest BCUT2D eigenvalue weighted by Gasteiger charge is -2.53. The van der Waals surface area contributed by atoms with Crippen LogP contribution >= 0.6 is 0 Å². The number of hydrogen-bond acceptors (Lipinski definition) is 3. The Balaban J connectivity index is 2.14. The van der Waals surface area contributed by atoms with Crippen LogP contribution in [-0.4, -0.2) is 21.3 Å². The van der Waals surface area contributed by atoms with E-state index in [4.69, 9.17) is 0 Å². The number of phenols is 1. The van der Waals surface area contributed by atoms with Crippen molar-refractivity contribution in [3.8, 4) is 5.75 Å². The van der Waals surface area contributed by atoms with Gasteiger partial charge in [-0.25, -0.2) is 0 Å². The van der Waals surface area contributed by atoms with Gasteiger partial charge >= 0.3 is 5.97 Å². The van der Waals surface area contributed by atoms with Crippen molar-refractivity contribution in [1.82, 2.24) is 0 Å². The molecule has 0 spiro atoms. The highest BCUT2D eigenvalue weighted by Gasteiger charge is 2.55. The van der Waals surface area contributed by atoms with Crippen molar-refractivity contribution in [2.45, 2.75) is 70.8 Å². The maximum Gasteiger partial charge on any atom is 0.309 e. The Morgan fingerprint density at radius 1 is 1.25 bits per heavy atom. The highest BCUT2D eigenvalue weighted by atomic mass is 16.4. The summed E-state index contributed by atoms with van der Waals surface area (Å²) in [5.74, 6) is -0.541. The first-order valence-corrected chi connectivity index (χ1v) is 8.83. The Morgan fingerprint density at radius 3 is 2.50 bits per heavy atom. The predicted octanol–water partition coefficient (Wildman–Crippen LogP) is 3.71. The molecule has 3 rings (SSSR count). The molecule has 0 heterocycles. The molecule has 1 aromatic carbocycles. The number of aliphatic hydroxyl groups is 1. The molecule has 3 N–H and O–H groups in total. The fraction of sp³-hybridized carbons (Fsp3) is 0.650. The van der Waals surface area contributed by atoms with E-state index in [0.29, 0.717) is 12.0 Å². The topological polar surface area (TPSA) is 77.8 Å². The summed E-state index contributed by atoms with van der Waals surface area (Å²) in [6.45, 7) is 7.38. The van der Waals surface area contributed by atoms with Gasteiger partial charge in [-0.05, 0) is 81.0 Å². The third-order valence-corrected chi connectivity index (χ3v) is 6.62. The van der Waals surface area contributed by atoms with Gasteiger partial charge in [0.1, 0.15) is 5.75 Å². The second-order valence-corrected chi connectivity index (χ2v) is 8.67. The molecule has 2 aliphatic rings. The SMILES string of the molecule is CC(C)(O)c1cc2c(cc1O)[C@@]1(C)CCC[C@@](C)(C(=O)O)[C@@H]1CC2. The van der Waals surface area contributed by atoms with E-state index >= 15 is 0 Å². The van der Waals surface area contributed by atoms with Crippen LogP contribution in [0.4, 0.5) is 0 Å². The molecule has 0 aromatic heterocycles. The number of rotatable bonds is 2. The molecule has 4 heteroatoms. The van der Waals surface area contributed by atoms with Gasteiger partial charge < -0.3 is 15.3 Å². The highest BCUT2D eigenvalue weighted by molar-refractivity contribution is 5.75. The molecule has 1 saturated carbocycles. The van der Waals surface area contributed by atoms with Gasteiger partial charge in [0.2, 0.25) is 0 Å². The third-order valence-electron chi connectivity index (χ3n) is 6.62. The molecule has 1 aromatic rings. The van der Waals surface area contributed by atoms with Gasteiger partial charge in [-0.1, -0.05) is 13.3 Å². The van der Waals surface area contributed by atoms with Gasteiger partial charge in [-0.15, -0.1) is 0 Å². The van der Waals surface area contributed by atoms with E-state index in [9.17, 15) is 20.1 Å². The first kappa shape index (κ1) is 17.3. The summed E-state index contributed by atoms with van der Waals surface area (Å²) in [5, 5.41) is 30.6. The summed E-state index contributed by atoms with van der Waals surface area (Å²) in [4.78, 5) is 12.0. The van der Waals surface area contributed by atoms with Crippen LogP contribution in [0.15, 0.2) is 12.1 Å². The van der Waals surface area contributed by atoms with Crippen molar-refractivity contribution in [3.05, 3.63) is 28.8 Å². The van der Waals surface area contributed by atoms with Crippen molar-refractivity contribution in [3.63, 3.8) is 0 Å². The van der Waals surface area contributed by atoms with E-state index in [2.05, 4.69) is 6.92 Å². The Morgan fingerprint density at radius 2 is 1.92 bits per heavy atom. The quantitative estimate of drug-likeness (QED) is 0.771. The smallest absolute Gasteiger partial charge is 0.309 e. The number of phenolic OH excluding ortho intramolecular Hbond substituents is 1. The molecule has 0 bridgehead atoms. The maximum atomic E-state index is 12.0. The van der Waals surface area contributed by atoms with Crippen LogP contribution < -0.4 is 0 Å². The van der Waals surface area contributed by atoms with Crippen molar-refractivity contribution in [2.75, 3.05) is 0 Å². The van der Waals surface area contributed by atoms with E-state index in [0.717, 1.165) is 36.8 Å². The summed E-state index contributed by atoms with van der Waals surface area (Å²) < 4.78 is 0. The molecule has 2 aliphatic carbocycles. The largest absolute Gasteiger partial charge is 0.508 e. The minimum Gasteiger partial charge on any atom is -0.508 e. The number of carboxylic acid groups (broad SMARTS) is 1. The minimum atomic E-state index is -1.10. The van der Waals surface area contributed by atoms with Crippen LogP contribution in [0, 0.1) is 11.3 Å². The predicted molar refractivity (Wildman–Crippen MR) is 92.1 cm³/mol. The number of aliphatic carboxylic acids is 1. The third kappa shape index (κ3) is 2.34. The number of benzene rings is 1. The van der Waals surface area contributed by atoms with Gasteiger partial charge in [-0.2, -0.15) is 0 Å². The molecule has 3 atom stereocenters. The summed E-state index contributed by atoms with van der Waals surface area (Å²) in [7, 11) is 0. The lowest BCUT2D eigenvalue weighted by atomic mass is 9.49. The van der Waals surface area contributed by atoms with Gasteiger partial charge in [0, 0.05) is 5.56 Å². The monoisotopic (exact) mass is 332 g/mol. The first-order valence-electron chi connectivity index (χ1n) is 8.83. The fourth-order valence-corrected chi connectivity index (χ4v) is 5.25. The summed E-state index contributed by atoms with van der Waals surface area (Å²) in [6, 6.07) is 3.70. The zero-order valence-electron chi connectivity index (χ0n) is 15.0. The van der Waals surface area contributed by atoms with Gasteiger partial charge in [0.05, 0.1) is 11.0 Å². The lowest BCUT2D eigenvalue weighted by Crippen LogP contribution is -2.52. The van der Waals surface area contributed by atoms with Crippen LogP contribution in [0.3, 0.4) is 0 Å². The van der Waals surface area contributed by atoms with Crippen LogP contribution in [0.5, 0.6) is 5.75 Å². The zero-order valence-corrected chi connectivity index (χ0v) is 15.0. The van der Waals surface area contributed by atoms with Gasteiger partial charge in [0.15, 0.2) is 0 Å². The highest BCUT2D eigenvalue weighted by Crippen LogP contribution is 2.58. The second kappa shape index (κ2) is 5.22. The molecule has 0 aliphatic heterocycles. The maximum absolute atomic E-state index is 12.0. The lowest BCUT2D eigenvalue weighted by molar-refractivity contribution is -0.157.